The summed E-state index contributed by atoms with van der Waals surface area (Å²) in [4.78, 5) is 13.8. The zero-order chi connectivity index (χ0) is 13.7. The van der Waals surface area contributed by atoms with E-state index >= 15 is 0 Å². The number of hydrogen-bond acceptors (Lipinski definition) is 3. The number of oxime groups is 1. The van der Waals surface area contributed by atoms with Gasteiger partial charge in [0.15, 0.2) is 5.84 Å². The number of rotatable bonds is 4. The van der Waals surface area contributed by atoms with Crippen molar-refractivity contribution >= 4 is 43.6 Å². The van der Waals surface area contributed by atoms with Crippen molar-refractivity contribution in [1.82, 2.24) is 4.90 Å². The molecule has 0 spiro atoms. The van der Waals surface area contributed by atoms with Gasteiger partial charge in [-0.3, -0.25) is 4.79 Å². The van der Waals surface area contributed by atoms with Crippen molar-refractivity contribution in [3.05, 3.63) is 32.7 Å². The van der Waals surface area contributed by atoms with Gasteiger partial charge in [-0.05, 0) is 41.1 Å². The first-order valence-corrected chi connectivity index (χ1v) is 6.79. The lowest BCUT2D eigenvalue weighted by Crippen LogP contribution is -2.38. The van der Waals surface area contributed by atoms with Crippen LogP contribution in [0.15, 0.2) is 32.3 Å². The Bertz CT molecular complexity index is 477. The van der Waals surface area contributed by atoms with Crippen LogP contribution < -0.4 is 5.73 Å². The minimum Gasteiger partial charge on any atom is -0.409 e. The van der Waals surface area contributed by atoms with Crippen LogP contribution in [0, 0.1) is 0 Å². The number of likely N-dealkylation sites (N-methyl/N-ethyl adjacent to an activating group) is 1. The number of carbonyl (C=O) groups excluding carboxylic acids is 1. The molecule has 0 aliphatic rings. The van der Waals surface area contributed by atoms with Gasteiger partial charge in [-0.25, -0.2) is 0 Å². The number of carbonyl (C=O) groups is 1. The SMILES string of the molecule is CCN(C/C(N)=N/O)C(=O)c1cc(Br)ccc1Br. The second-order valence-electron chi connectivity index (χ2n) is 3.53. The van der Waals surface area contributed by atoms with E-state index in [1.807, 2.05) is 13.0 Å². The molecule has 0 saturated carbocycles. The summed E-state index contributed by atoms with van der Waals surface area (Å²) in [5, 5.41) is 11.4. The summed E-state index contributed by atoms with van der Waals surface area (Å²) < 4.78 is 1.52. The van der Waals surface area contributed by atoms with Crippen LogP contribution in [-0.4, -0.2) is 34.9 Å². The Labute approximate surface area is 122 Å². The fourth-order valence-electron chi connectivity index (χ4n) is 1.39. The predicted molar refractivity (Wildman–Crippen MR) is 76.8 cm³/mol. The topological polar surface area (TPSA) is 78.9 Å². The quantitative estimate of drug-likeness (QED) is 0.365. The summed E-state index contributed by atoms with van der Waals surface area (Å²) in [5.41, 5.74) is 5.94. The fourth-order valence-corrected chi connectivity index (χ4v) is 2.16. The van der Waals surface area contributed by atoms with Crippen molar-refractivity contribution in [2.24, 2.45) is 10.9 Å². The number of halogens is 2. The van der Waals surface area contributed by atoms with Gasteiger partial charge >= 0.3 is 0 Å². The van der Waals surface area contributed by atoms with Crippen molar-refractivity contribution < 1.29 is 10.0 Å². The summed E-state index contributed by atoms with van der Waals surface area (Å²) in [6, 6.07) is 5.34. The number of amides is 1. The maximum atomic E-state index is 12.3. The lowest BCUT2D eigenvalue weighted by Gasteiger charge is -2.20. The zero-order valence-corrected chi connectivity index (χ0v) is 12.9. The van der Waals surface area contributed by atoms with Gasteiger partial charge in [-0.15, -0.1) is 0 Å². The van der Waals surface area contributed by atoms with E-state index in [1.165, 1.54) is 4.90 Å². The number of nitrogens with two attached hydrogens (primary N) is 1. The second kappa shape index (κ2) is 6.75. The minimum absolute atomic E-state index is 0.00341. The van der Waals surface area contributed by atoms with Crippen LogP contribution in [0.2, 0.25) is 0 Å². The molecule has 3 N–H and O–H groups in total. The highest BCUT2D eigenvalue weighted by Crippen LogP contribution is 2.22. The van der Waals surface area contributed by atoms with Gasteiger partial charge < -0.3 is 15.8 Å². The molecule has 0 aliphatic carbocycles. The first kappa shape index (κ1) is 15.0. The Hall–Kier alpha value is -1.08. The van der Waals surface area contributed by atoms with Gasteiger partial charge in [-0.1, -0.05) is 21.1 Å². The summed E-state index contributed by atoms with van der Waals surface area (Å²) in [7, 11) is 0. The summed E-state index contributed by atoms with van der Waals surface area (Å²) in [6.45, 7) is 2.38. The highest BCUT2D eigenvalue weighted by Gasteiger charge is 2.18. The van der Waals surface area contributed by atoms with E-state index in [0.29, 0.717) is 16.6 Å². The molecule has 1 amide bonds. The van der Waals surface area contributed by atoms with Gasteiger partial charge in [0.2, 0.25) is 0 Å². The van der Waals surface area contributed by atoms with E-state index < -0.39 is 0 Å². The molecule has 18 heavy (non-hydrogen) atoms. The van der Waals surface area contributed by atoms with Crippen LogP contribution in [0.3, 0.4) is 0 Å². The van der Waals surface area contributed by atoms with Crippen molar-refractivity contribution in [1.29, 1.82) is 0 Å². The molecule has 0 aliphatic heterocycles. The van der Waals surface area contributed by atoms with Crippen LogP contribution in [0.4, 0.5) is 0 Å². The number of hydrogen-bond donors (Lipinski definition) is 2. The van der Waals surface area contributed by atoms with E-state index in [1.54, 1.807) is 12.1 Å². The maximum Gasteiger partial charge on any atom is 0.255 e. The largest absolute Gasteiger partial charge is 0.409 e. The third-order valence-electron chi connectivity index (χ3n) is 2.31. The Balaban J connectivity index is 3.00. The smallest absolute Gasteiger partial charge is 0.255 e. The summed E-state index contributed by atoms with van der Waals surface area (Å²) >= 11 is 6.65. The first-order chi connectivity index (χ1) is 8.49. The van der Waals surface area contributed by atoms with Gasteiger partial charge in [0, 0.05) is 15.5 Å². The van der Waals surface area contributed by atoms with Crippen LogP contribution in [-0.2, 0) is 0 Å². The average Bonchev–Trinajstić information content (AvgIpc) is 2.37. The van der Waals surface area contributed by atoms with E-state index in [9.17, 15) is 4.79 Å². The van der Waals surface area contributed by atoms with Gasteiger partial charge in [0.1, 0.15) is 0 Å². The van der Waals surface area contributed by atoms with Gasteiger partial charge in [-0.2, -0.15) is 0 Å². The Morgan fingerprint density at radius 3 is 2.72 bits per heavy atom. The molecule has 7 heteroatoms. The van der Waals surface area contributed by atoms with Crippen LogP contribution in [0.5, 0.6) is 0 Å². The molecule has 1 rings (SSSR count). The highest BCUT2D eigenvalue weighted by molar-refractivity contribution is 9.11. The maximum absolute atomic E-state index is 12.3. The van der Waals surface area contributed by atoms with Gasteiger partial charge in [0.05, 0.1) is 12.1 Å². The third-order valence-corrected chi connectivity index (χ3v) is 3.49. The van der Waals surface area contributed by atoms with Crippen LogP contribution >= 0.6 is 31.9 Å². The second-order valence-corrected chi connectivity index (χ2v) is 5.30. The monoisotopic (exact) mass is 377 g/mol. The first-order valence-electron chi connectivity index (χ1n) is 5.20. The molecule has 0 aromatic heterocycles. The average molecular weight is 379 g/mol. The van der Waals surface area contributed by atoms with E-state index in [2.05, 4.69) is 37.0 Å². The minimum atomic E-state index is -0.183. The summed E-state index contributed by atoms with van der Waals surface area (Å²) in [6.07, 6.45) is 0. The molecule has 0 radical (unpaired) electrons. The van der Waals surface area contributed by atoms with Crippen molar-refractivity contribution in [2.45, 2.75) is 6.92 Å². The molecule has 0 unspecified atom stereocenters. The number of benzene rings is 1. The van der Waals surface area contributed by atoms with E-state index in [-0.39, 0.29) is 18.3 Å². The van der Waals surface area contributed by atoms with Gasteiger partial charge in [0.25, 0.3) is 5.91 Å². The standard InChI is InChI=1S/C11H13Br2N3O2/c1-2-16(6-10(14)15-18)11(17)8-5-7(12)3-4-9(8)13/h3-5,18H,2,6H2,1H3,(H2,14,15). The normalized spacial score (nSPS) is 11.4. The Morgan fingerprint density at radius 2 is 2.17 bits per heavy atom. The van der Waals surface area contributed by atoms with Crippen LogP contribution in [0.25, 0.3) is 0 Å². The van der Waals surface area contributed by atoms with Crippen molar-refractivity contribution in [3.8, 4) is 0 Å². The Morgan fingerprint density at radius 1 is 1.50 bits per heavy atom. The predicted octanol–water partition coefficient (Wildman–Crippen LogP) is 2.42. The molecule has 0 atom stereocenters. The molecule has 1 aromatic carbocycles. The zero-order valence-electron chi connectivity index (χ0n) is 9.73. The molecular formula is C11H13Br2N3O2. The van der Waals surface area contributed by atoms with E-state index in [0.717, 1.165) is 4.47 Å². The number of nitrogens with zero attached hydrogens (tertiary/aromatic N) is 2. The lowest BCUT2D eigenvalue weighted by molar-refractivity contribution is 0.0785. The molecule has 0 fully saturated rings. The van der Waals surface area contributed by atoms with Crippen molar-refractivity contribution in [2.75, 3.05) is 13.1 Å². The lowest BCUT2D eigenvalue weighted by atomic mass is 10.2. The molecule has 0 heterocycles. The molecule has 0 saturated heterocycles. The highest BCUT2D eigenvalue weighted by atomic mass is 79.9. The molecule has 1 aromatic rings. The number of amidine groups is 1. The third kappa shape index (κ3) is 3.71. The fraction of sp³-hybridized carbons (Fsp3) is 0.273. The molecule has 5 nitrogen and oxygen atoms in total. The molecule has 0 bridgehead atoms. The van der Waals surface area contributed by atoms with E-state index in [4.69, 9.17) is 10.9 Å². The Kier molecular flexibility index (Phi) is 5.61. The van der Waals surface area contributed by atoms with Crippen LogP contribution in [0.1, 0.15) is 17.3 Å². The van der Waals surface area contributed by atoms with Crippen molar-refractivity contribution in [3.63, 3.8) is 0 Å². The molecule has 98 valence electrons. The summed E-state index contributed by atoms with van der Waals surface area (Å²) in [5.74, 6) is -0.186. The molecular weight excluding hydrogens is 366 g/mol.